The third kappa shape index (κ3) is 3.92. The topological polar surface area (TPSA) is 43.7 Å². The summed E-state index contributed by atoms with van der Waals surface area (Å²) in [6.45, 7) is 0.516. The van der Waals surface area contributed by atoms with Gasteiger partial charge in [0.15, 0.2) is 0 Å². The number of hydrogen-bond donors (Lipinski definition) is 0. The zero-order valence-electron chi connectivity index (χ0n) is 18.2. The fraction of sp³-hybridized carbons (Fsp3) is 0.192. The minimum Gasteiger partial charge on any atom is -0.497 e. The van der Waals surface area contributed by atoms with Crippen LogP contribution >= 0.6 is 23.2 Å². The van der Waals surface area contributed by atoms with Crippen LogP contribution in [0.5, 0.6) is 11.5 Å². The van der Waals surface area contributed by atoms with Crippen molar-refractivity contribution in [3.63, 3.8) is 0 Å². The number of hydrogen-bond acceptors (Lipinski definition) is 3. The van der Waals surface area contributed by atoms with Crippen LogP contribution in [0.1, 0.15) is 22.9 Å². The number of carbonyl (C=O) groups excluding carboxylic acids is 1. The van der Waals surface area contributed by atoms with Crippen molar-refractivity contribution in [2.75, 3.05) is 13.7 Å². The van der Waals surface area contributed by atoms with Crippen LogP contribution in [0, 0.1) is 0 Å². The van der Waals surface area contributed by atoms with E-state index in [0.717, 1.165) is 27.9 Å². The molecule has 0 radical (unpaired) electrons. The number of fused-ring (bicyclic) bond motifs is 3. The molecule has 1 unspecified atom stereocenters. The summed E-state index contributed by atoms with van der Waals surface area (Å²) in [5.74, 6) is 1.21. The molecule has 1 aromatic heterocycles. The molecular formula is C26H22Cl2N2O3. The third-order valence-electron chi connectivity index (χ3n) is 6.17. The van der Waals surface area contributed by atoms with Crippen molar-refractivity contribution in [3.05, 3.63) is 93.6 Å². The standard InChI is InChI=1S/C26H22Cl2N2O3/c1-29-23-12-7-18(28)15-22(23)21-13-14-30(26(31)33-20-10-5-17(27)6-11-20)24(25(21)29)16-3-8-19(32-2)9-4-16/h3-12,15,24H,13-14H2,1-2H3. The van der Waals surface area contributed by atoms with Crippen molar-refractivity contribution in [1.82, 2.24) is 9.47 Å². The summed E-state index contributed by atoms with van der Waals surface area (Å²) in [5, 5.41) is 2.40. The maximum absolute atomic E-state index is 13.4. The Morgan fingerprint density at radius 3 is 2.30 bits per heavy atom. The van der Waals surface area contributed by atoms with Crippen LogP contribution in [0.3, 0.4) is 0 Å². The van der Waals surface area contributed by atoms with Crippen LogP contribution in [-0.2, 0) is 13.5 Å². The number of rotatable bonds is 3. The molecule has 1 atom stereocenters. The number of carbonyl (C=O) groups is 1. The predicted molar refractivity (Wildman–Crippen MR) is 131 cm³/mol. The molecule has 1 amide bonds. The normalized spacial score (nSPS) is 15.4. The van der Waals surface area contributed by atoms with E-state index in [2.05, 4.69) is 4.57 Å². The fourth-order valence-electron chi connectivity index (χ4n) is 4.62. The number of methoxy groups -OCH3 is 1. The number of halogens is 2. The number of aromatic nitrogens is 1. The number of ether oxygens (including phenoxy) is 2. The zero-order chi connectivity index (χ0) is 23.1. The van der Waals surface area contributed by atoms with E-state index in [1.54, 1.807) is 36.3 Å². The molecule has 7 heteroatoms. The van der Waals surface area contributed by atoms with Gasteiger partial charge in [-0.1, -0.05) is 35.3 Å². The summed E-state index contributed by atoms with van der Waals surface area (Å²) in [4.78, 5) is 15.1. The Morgan fingerprint density at radius 2 is 1.61 bits per heavy atom. The van der Waals surface area contributed by atoms with E-state index in [9.17, 15) is 4.79 Å². The van der Waals surface area contributed by atoms with E-state index in [1.165, 1.54) is 5.56 Å². The summed E-state index contributed by atoms with van der Waals surface area (Å²) in [6, 6.07) is 20.2. The summed E-state index contributed by atoms with van der Waals surface area (Å²) >= 11 is 12.3. The van der Waals surface area contributed by atoms with Crippen LogP contribution in [-0.4, -0.2) is 29.2 Å². The molecule has 0 fully saturated rings. The quantitative estimate of drug-likeness (QED) is 0.330. The first kappa shape index (κ1) is 21.7. The molecule has 0 spiro atoms. The second-order valence-electron chi connectivity index (χ2n) is 8.03. The number of nitrogens with zero attached hydrogens (tertiary/aromatic N) is 2. The lowest BCUT2D eigenvalue weighted by atomic mass is 9.92. The molecule has 0 bridgehead atoms. The second-order valence-corrected chi connectivity index (χ2v) is 8.90. The van der Waals surface area contributed by atoms with Gasteiger partial charge in [0.25, 0.3) is 0 Å². The summed E-state index contributed by atoms with van der Waals surface area (Å²) in [7, 11) is 3.66. The molecule has 0 saturated heterocycles. The van der Waals surface area contributed by atoms with Crippen LogP contribution in [0.15, 0.2) is 66.7 Å². The molecule has 0 N–H and O–H groups in total. The first-order chi connectivity index (χ1) is 16.0. The summed E-state index contributed by atoms with van der Waals surface area (Å²) in [5.41, 5.74) is 4.31. The third-order valence-corrected chi connectivity index (χ3v) is 6.66. The molecule has 5 nitrogen and oxygen atoms in total. The lowest BCUT2D eigenvalue weighted by Gasteiger charge is -2.36. The molecule has 3 aromatic carbocycles. The Balaban J connectivity index is 1.61. The highest BCUT2D eigenvalue weighted by Gasteiger charge is 2.37. The van der Waals surface area contributed by atoms with Crippen molar-refractivity contribution >= 4 is 40.2 Å². The van der Waals surface area contributed by atoms with Gasteiger partial charge in [0.2, 0.25) is 0 Å². The number of benzene rings is 3. The molecule has 1 aliphatic heterocycles. The highest BCUT2D eigenvalue weighted by molar-refractivity contribution is 6.31. The first-order valence-corrected chi connectivity index (χ1v) is 11.4. The van der Waals surface area contributed by atoms with Gasteiger partial charge in [-0.05, 0) is 72.1 Å². The van der Waals surface area contributed by atoms with E-state index in [-0.39, 0.29) is 6.04 Å². The van der Waals surface area contributed by atoms with E-state index in [1.807, 2.05) is 49.5 Å². The van der Waals surface area contributed by atoms with E-state index in [0.29, 0.717) is 28.8 Å². The highest BCUT2D eigenvalue weighted by atomic mass is 35.5. The molecule has 168 valence electrons. The SMILES string of the molecule is COc1ccc(C2c3c(c4cc(Cl)ccc4n3C)CCN2C(=O)Oc2ccc(Cl)cc2)cc1. The molecule has 5 rings (SSSR count). The number of aryl methyl sites for hydroxylation is 1. The number of amides is 1. The van der Waals surface area contributed by atoms with Gasteiger partial charge < -0.3 is 14.0 Å². The predicted octanol–water partition coefficient (Wildman–Crippen LogP) is 6.64. The zero-order valence-corrected chi connectivity index (χ0v) is 19.7. The van der Waals surface area contributed by atoms with E-state index in [4.69, 9.17) is 32.7 Å². The molecule has 4 aromatic rings. The van der Waals surface area contributed by atoms with Crippen LogP contribution in [0.25, 0.3) is 10.9 Å². The van der Waals surface area contributed by atoms with Gasteiger partial charge in [-0.3, -0.25) is 4.90 Å². The van der Waals surface area contributed by atoms with Gasteiger partial charge in [-0.25, -0.2) is 4.79 Å². The Morgan fingerprint density at radius 1 is 0.939 bits per heavy atom. The van der Waals surface area contributed by atoms with Crippen molar-refractivity contribution < 1.29 is 14.3 Å². The van der Waals surface area contributed by atoms with E-state index >= 15 is 0 Å². The van der Waals surface area contributed by atoms with Gasteiger partial charge >= 0.3 is 6.09 Å². The van der Waals surface area contributed by atoms with Crippen LogP contribution < -0.4 is 9.47 Å². The molecule has 0 aliphatic carbocycles. The maximum atomic E-state index is 13.4. The van der Waals surface area contributed by atoms with E-state index < -0.39 is 6.09 Å². The monoisotopic (exact) mass is 480 g/mol. The van der Waals surface area contributed by atoms with Crippen molar-refractivity contribution in [1.29, 1.82) is 0 Å². The molecule has 1 aliphatic rings. The van der Waals surface area contributed by atoms with Gasteiger partial charge in [0.05, 0.1) is 7.11 Å². The van der Waals surface area contributed by atoms with Crippen molar-refractivity contribution in [3.8, 4) is 11.5 Å². The average molecular weight is 481 g/mol. The Bertz CT molecular complexity index is 1330. The lowest BCUT2D eigenvalue weighted by molar-refractivity contribution is 0.134. The van der Waals surface area contributed by atoms with Gasteiger partial charge in [-0.2, -0.15) is 0 Å². The van der Waals surface area contributed by atoms with Crippen LogP contribution in [0.2, 0.25) is 10.0 Å². The maximum Gasteiger partial charge on any atom is 0.416 e. The minimum atomic E-state index is -0.410. The van der Waals surface area contributed by atoms with Gasteiger partial charge in [0.1, 0.15) is 17.5 Å². The average Bonchev–Trinajstić information content (AvgIpc) is 3.11. The Labute approximate surface area is 202 Å². The Kier molecular flexibility index (Phi) is 5.69. The van der Waals surface area contributed by atoms with Crippen LogP contribution in [0.4, 0.5) is 4.79 Å². The largest absolute Gasteiger partial charge is 0.497 e. The summed E-state index contributed by atoms with van der Waals surface area (Å²) in [6.07, 6.45) is 0.294. The Hall–Kier alpha value is -3.15. The molecule has 2 heterocycles. The lowest BCUT2D eigenvalue weighted by Crippen LogP contribution is -2.42. The first-order valence-electron chi connectivity index (χ1n) is 10.6. The fourth-order valence-corrected chi connectivity index (χ4v) is 4.91. The van der Waals surface area contributed by atoms with Crippen molar-refractivity contribution in [2.24, 2.45) is 7.05 Å². The van der Waals surface area contributed by atoms with Crippen molar-refractivity contribution in [2.45, 2.75) is 12.5 Å². The highest BCUT2D eigenvalue weighted by Crippen LogP contribution is 2.41. The smallest absolute Gasteiger partial charge is 0.416 e. The molecule has 33 heavy (non-hydrogen) atoms. The minimum absolute atomic E-state index is 0.323. The van der Waals surface area contributed by atoms with Gasteiger partial charge in [-0.15, -0.1) is 0 Å². The molecule has 0 saturated carbocycles. The second kappa shape index (κ2) is 8.65. The molecular weight excluding hydrogens is 459 g/mol. The summed E-state index contributed by atoms with van der Waals surface area (Å²) < 4.78 is 13.2. The van der Waals surface area contributed by atoms with Gasteiger partial charge in [0, 0.05) is 40.2 Å².